The van der Waals surface area contributed by atoms with Crippen LogP contribution in [0.3, 0.4) is 0 Å². The van der Waals surface area contributed by atoms with E-state index in [9.17, 15) is 4.79 Å². The molecule has 3 heteroatoms. The van der Waals surface area contributed by atoms with Crippen LogP contribution in [-0.4, -0.2) is 16.0 Å². The summed E-state index contributed by atoms with van der Waals surface area (Å²) >= 11 is 2.27. The van der Waals surface area contributed by atoms with E-state index < -0.39 is 0 Å². The molecule has 0 aliphatic carbocycles. The molecule has 0 fully saturated rings. The number of hydrogen-bond acceptors (Lipinski definition) is 2. The second-order valence-corrected chi connectivity index (χ2v) is 4.99. The first-order valence-corrected chi connectivity index (χ1v) is 5.68. The molecule has 1 atom stereocenters. The average molecular weight is 284 g/mol. The number of carbonyl (C=O) groups excluding carboxylic acids is 1. The molecule has 0 bridgehead atoms. The van der Waals surface area contributed by atoms with Crippen LogP contribution in [0.2, 0.25) is 0 Å². The lowest BCUT2D eigenvalue weighted by atomic mass is 10.1. The molecule has 0 heterocycles. The van der Waals surface area contributed by atoms with Crippen LogP contribution < -0.4 is 0 Å². The zero-order chi connectivity index (χ0) is 9.78. The Morgan fingerprint density at radius 1 is 1.50 bits per heavy atom. The number of ether oxygens (including phenoxy) is 1. The Labute approximate surface area is 88.2 Å². The highest BCUT2D eigenvalue weighted by atomic mass is 127. The van der Waals surface area contributed by atoms with Gasteiger partial charge in [0.05, 0.1) is 5.92 Å². The maximum absolute atomic E-state index is 11.3. The minimum absolute atomic E-state index is 0.0288. The zero-order valence-electron chi connectivity index (χ0n) is 8.19. The van der Waals surface area contributed by atoms with Crippen molar-refractivity contribution in [2.75, 3.05) is 4.43 Å². The monoisotopic (exact) mass is 284 g/mol. The number of halogens is 1. The quantitative estimate of drug-likeness (QED) is 0.452. The number of rotatable bonds is 3. The van der Waals surface area contributed by atoms with E-state index in [1.165, 1.54) is 0 Å². The number of alkyl halides is 1. The second-order valence-electron chi connectivity index (χ2n) is 3.91. The smallest absolute Gasteiger partial charge is 0.309 e. The van der Waals surface area contributed by atoms with Gasteiger partial charge in [-0.15, -0.1) is 0 Å². The van der Waals surface area contributed by atoms with Crippen molar-refractivity contribution in [1.29, 1.82) is 0 Å². The summed E-state index contributed by atoms with van der Waals surface area (Å²) in [5.74, 6) is -0.0553. The number of esters is 1. The van der Waals surface area contributed by atoms with Crippen molar-refractivity contribution in [2.45, 2.75) is 39.7 Å². The third-order valence-corrected chi connectivity index (χ3v) is 1.97. The van der Waals surface area contributed by atoms with Crippen molar-refractivity contribution in [1.82, 2.24) is 0 Å². The summed E-state index contributed by atoms with van der Waals surface area (Å²) < 4.78 is 6.21. The van der Waals surface area contributed by atoms with Gasteiger partial charge in [-0.05, 0) is 27.2 Å². The fraction of sp³-hybridized carbons (Fsp3) is 0.889. The maximum Gasteiger partial charge on any atom is 0.309 e. The van der Waals surface area contributed by atoms with E-state index in [2.05, 4.69) is 22.6 Å². The standard InChI is InChI=1S/C9H17IO2/c1-7(5-6-10)8(11)12-9(2,3)4/h7H,5-6H2,1-4H3. The predicted octanol–water partition coefficient (Wildman–Crippen LogP) is 2.79. The molecule has 12 heavy (non-hydrogen) atoms. The molecular weight excluding hydrogens is 267 g/mol. The summed E-state index contributed by atoms with van der Waals surface area (Å²) in [4.78, 5) is 11.3. The van der Waals surface area contributed by atoms with Gasteiger partial charge in [0.25, 0.3) is 0 Å². The molecule has 0 aliphatic rings. The van der Waals surface area contributed by atoms with Gasteiger partial charge < -0.3 is 4.74 Å². The molecule has 0 N–H and O–H groups in total. The maximum atomic E-state index is 11.3. The SMILES string of the molecule is CC(CCI)C(=O)OC(C)(C)C. The largest absolute Gasteiger partial charge is 0.460 e. The van der Waals surface area contributed by atoms with Crippen LogP contribution in [0.1, 0.15) is 34.1 Å². The second kappa shape index (κ2) is 5.04. The van der Waals surface area contributed by atoms with Crippen LogP contribution in [-0.2, 0) is 9.53 Å². The summed E-state index contributed by atoms with van der Waals surface area (Å²) in [6, 6.07) is 0. The highest BCUT2D eigenvalue weighted by molar-refractivity contribution is 14.1. The number of carbonyl (C=O) groups is 1. The van der Waals surface area contributed by atoms with Crippen molar-refractivity contribution in [3.05, 3.63) is 0 Å². The minimum Gasteiger partial charge on any atom is -0.460 e. The van der Waals surface area contributed by atoms with E-state index in [4.69, 9.17) is 4.74 Å². The fourth-order valence-corrected chi connectivity index (χ4v) is 1.62. The van der Waals surface area contributed by atoms with Gasteiger partial charge in [-0.1, -0.05) is 29.5 Å². The highest BCUT2D eigenvalue weighted by Gasteiger charge is 2.20. The number of hydrogen-bond donors (Lipinski definition) is 0. The van der Waals surface area contributed by atoms with E-state index >= 15 is 0 Å². The zero-order valence-corrected chi connectivity index (χ0v) is 10.3. The first kappa shape index (κ1) is 12.2. The molecule has 0 aliphatic heterocycles. The Kier molecular flexibility index (Phi) is 5.13. The third kappa shape index (κ3) is 5.80. The average Bonchev–Trinajstić information content (AvgIpc) is 1.84. The van der Waals surface area contributed by atoms with E-state index in [0.717, 1.165) is 10.8 Å². The molecule has 0 aromatic carbocycles. The van der Waals surface area contributed by atoms with Crippen LogP contribution in [0.5, 0.6) is 0 Å². The van der Waals surface area contributed by atoms with Crippen molar-refractivity contribution < 1.29 is 9.53 Å². The topological polar surface area (TPSA) is 26.3 Å². The summed E-state index contributed by atoms with van der Waals surface area (Å²) in [6.45, 7) is 7.58. The van der Waals surface area contributed by atoms with Gasteiger partial charge in [0.1, 0.15) is 5.60 Å². The fourth-order valence-electron chi connectivity index (χ4n) is 0.684. The summed E-state index contributed by atoms with van der Waals surface area (Å²) in [5, 5.41) is 0. The van der Waals surface area contributed by atoms with E-state index in [-0.39, 0.29) is 17.5 Å². The van der Waals surface area contributed by atoms with Crippen LogP contribution >= 0.6 is 22.6 Å². The van der Waals surface area contributed by atoms with Crippen molar-refractivity contribution in [3.8, 4) is 0 Å². The van der Waals surface area contributed by atoms with Crippen molar-refractivity contribution in [2.24, 2.45) is 5.92 Å². The normalized spacial score (nSPS) is 14.1. The van der Waals surface area contributed by atoms with Gasteiger partial charge in [-0.3, -0.25) is 4.79 Å². The molecule has 0 amide bonds. The lowest BCUT2D eigenvalue weighted by molar-refractivity contribution is -0.159. The first-order chi connectivity index (χ1) is 5.37. The summed E-state index contributed by atoms with van der Waals surface area (Å²) in [7, 11) is 0. The van der Waals surface area contributed by atoms with Crippen molar-refractivity contribution >= 4 is 28.6 Å². The predicted molar refractivity (Wildman–Crippen MR) is 58.5 cm³/mol. The highest BCUT2D eigenvalue weighted by Crippen LogP contribution is 2.13. The van der Waals surface area contributed by atoms with Crippen LogP contribution in [0.15, 0.2) is 0 Å². The molecule has 2 nitrogen and oxygen atoms in total. The van der Waals surface area contributed by atoms with E-state index in [1.54, 1.807) is 0 Å². The van der Waals surface area contributed by atoms with Crippen LogP contribution in [0.4, 0.5) is 0 Å². The molecule has 0 radical (unpaired) electrons. The molecular formula is C9H17IO2. The third-order valence-electron chi connectivity index (χ3n) is 1.35. The van der Waals surface area contributed by atoms with Crippen LogP contribution in [0.25, 0.3) is 0 Å². The van der Waals surface area contributed by atoms with Crippen molar-refractivity contribution in [3.63, 3.8) is 0 Å². The lowest BCUT2D eigenvalue weighted by Crippen LogP contribution is -2.27. The van der Waals surface area contributed by atoms with Gasteiger partial charge in [0, 0.05) is 4.43 Å². The van der Waals surface area contributed by atoms with Crippen LogP contribution in [0, 0.1) is 5.92 Å². The Balaban J connectivity index is 3.87. The first-order valence-electron chi connectivity index (χ1n) is 4.15. The van der Waals surface area contributed by atoms with E-state index in [1.807, 2.05) is 27.7 Å². The molecule has 0 spiro atoms. The Bertz CT molecular complexity index is 149. The van der Waals surface area contributed by atoms with Gasteiger partial charge >= 0.3 is 5.97 Å². The minimum atomic E-state index is -0.351. The molecule has 1 unspecified atom stereocenters. The van der Waals surface area contributed by atoms with Gasteiger partial charge in [-0.25, -0.2) is 0 Å². The summed E-state index contributed by atoms with van der Waals surface area (Å²) in [6.07, 6.45) is 0.898. The molecule has 0 saturated heterocycles. The summed E-state index contributed by atoms with van der Waals surface area (Å²) in [5.41, 5.74) is -0.351. The van der Waals surface area contributed by atoms with E-state index in [0.29, 0.717) is 0 Å². The molecule has 0 rings (SSSR count). The Morgan fingerprint density at radius 2 is 2.00 bits per heavy atom. The molecule has 0 aromatic rings. The Morgan fingerprint density at radius 3 is 2.33 bits per heavy atom. The van der Waals surface area contributed by atoms with Gasteiger partial charge in [0.2, 0.25) is 0 Å². The van der Waals surface area contributed by atoms with Gasteiger partial charge in [0.15, 0.2) is 0 Å². The molecule has 0 aromatic heterocycles. The lowest BCUT2D eigenvalue weighted by Gasteiger charge is -2.21. The Hall–Kier alpha value is 0.200. The molecule has 72 valence electrons. The van der Waals surface area contributed by atoms with Gasteiger partial charge in [-0.2, -0.15) is 0 Å². The molecule has 0 saturated carbocycles.